The Labute approximate surface area is 129 Å². The summed E-state index contributed by atoms with van der Waals surface area (Å²) in [4.78, 5) is 0.922. The summed E-state index contributed by atoms with van der Waals surface area (Å²) < 4.78 is 50.2. The maximum Gasteiger partial charge on any atom is 0.252 e. The van der Waals surface area contributed by atoms with E-state index in [0.29, 0.717) is 20.7 Å². The highest BCUT2D eigenvalue weighted by Crippen LogP contribution is 2.33. The Morgan fingerprint density at radius 3 is 2.75 bits per heavy atom. The Morgan fingerprint density at radius 2 is 2.20 bits per heavy atom. The van der Waals surface area contributed by atoms with Crippen LogP contribution < -0.4 is 5.32 Å². The Balaban J connectivity index is 2.13. The summed E-state index contributed by atoms with van der Waals surface area (Å²) in [7, 11) is -2.72. The Kier molecular flexibility index (Phi) is 5.17. The minimum Gasteiger partial charge on any atom is -0.309 e. The zero-order valence-electron chi connectivity index (χ0n) is 10.8. The minimum atomic E-state index is -3.88. The molecule has 0 aliphatic heterocycles. The van der Waals surface area contributed by atoms with Crippen molar-refractivity contribution in [3.63, 3.8) is 0 Å². The summed E-state index contributed by atoms with van der Waals surface area (Å²) in [5.74, 6) is 0. The van der Waals surface area contributed by atoms with Crippen LogP contribution in [0.2, 0.25) is 0 Å². The summed E-state index contributed by atoms with van der Waals surface area (Å²) in [5, 5.41) is 3.29. The van der Waals surface area contributed by atoms with Crippen LogP contribution in [0.5, 0.6) is 0 Å². The van der Waals surface area contributed by atoms with Crippen LogP contribution in [0.3, 0.4) is 0 Å². The highest BCUT2D eigenvalue weighted by Gasteiger charge is 2.28. The van der Waals surface area contributed by atoms with Gasteiger partial charge >= 0.3 is 0 Å². The van der Waals surface area contributed by atoms with Crippen molar-refractivity contribution in [2.24, 2.45) is 0 Å². The third-order valence-corrected chi connectivity index (χ3v) is 7.01. The van der Waals surface area contributed by atoms with E-state index in [1.165, 1.54) is 11.3 Å². The molecule has 2 rings (SSSR count). The van der Waals surface area contributed by atoms with Crippen molar-refractivity contribution in [1.29, 1.82) is 0 Å². The van der Waals surface area contributed by atoms with Gasteiger partial charge in [-0.15, -0.1) is 11.3 Å². The molecule has 114 valence electrons. The minimum absolute atomic E-state index is 0.0539. The maximum atomic E-state index is 12.3. The predicted octanol–water partition coefficient (Wildman–Crippen LogP) is 2.65. The first-order valence-corrected chi connectivity index (χ1v) is 9.11. The van der Waals surface area contributed by atoms with Crippen molar-refractivity contribution in [1.82, 2.24) is 9.62 Å². The zero-order valence-corrected chi connectivity index (χ0v) is 14.0. The van der Waals surface area contributed by atoms with E-state index < -0.39 is 23.0 Å². The van der Waals surface area contributed by atoms with Crippen LogP contribution in [0.15, 0.2) is 14.7 Å². The van der Waals surface area contributed by atoms with Gasteiger partial charge < -0.3 is 5.32 Å². The van der Waals surface area contributed by atoms with Crippen molar-refractivity contribution in [2.45, 2.75) is 36.7 Å². The predicted molar refractivity (Wildman–Crippen MR) is 77.7 cm³/mol. The van der Waals surface area contributed by atoms with E-state index in [1.54, 1.807) is 6.07 Å². The molecule has 0 saturated heterocycles. The smallest absolute Gasteiger partial charge is 0.252 e. The van der Waals surface area contributed by atoms with Gasteiger partial charge in [0.25, 0.3) is 6.43 Å². The van der Waals surface area contributed by atoms with Crippen LogP contribution >= 0.6 is 27.3 Å². The lowest BCUT2D eigenvalue weighted by Crippen LogP contribution is -2.31. The fraction of sp³-hybridized carbons (Fsp3) is 0.636. The summed E-state index contributed by atoms with van der Waals surface area (Å²) in [6, 6.07) is 2.07. The summed E-state index contributed by atoms with van der Waals surface area (Å²) in [6.45, 7) is -0.206. The number of thiophene rings is 1. The standard InChI is InChI=1S/C11H15BrF2N2O2S2/c1-16(6-10(13)14)20(17,18)9-4-8(19-11(9)12)5-15-7-2-3-7/h4,7,10,15H,2-3,5-6H2,1H3. The SMILES string of the molecule is CN(CC(F)F)S(=O)(=O)c1cc(CNC2CC2)sc1Br. The molecule has 0 spiro atoms. The summed E-state index contributed by atoms with van der Waals surface area (Å²) in [6.07, 6.45) is -0.396. The molecule has 0 bridgehead atoms. The first kappa shape index (κ1) is 16.3. The second-order valence-corrected chi connectivity index (χ2v) is 9.15. The maximum absolute atomic E-state index is 12.3. The normalized spacial score (nSPS) is 16.3. The molecular formula is C11H15BrF2N2O2S2. The quantitative estimate of drug-likeness (QED) is 0.780. The van der Waals surface area contributed by atoms with Gasteiger partial charge in [-0.05, 0) is 34.8 Å². The average Bonchev–Trinajstić information content (AvgIpc) is 3.08. The number of halogens is 3. The Hall–Kier alpha value is -0.0900. The van der Waals surface area contributed by atoms with Crippen LogP contribution in [0.25, 0.3) is 0 Å². The van der Waals surface area contributed by atoms with E-state index in [4.69, 9.17) is 0 Å². The molecule has 4 nitrogen and oxygen atoms in total. The molecule has 1 aliphatic carbocycles. The van der Waals surface area contributed by atoms with E-state index in [0.717, 1.165) is 24.8 Å². The van der Waals surface area contributed by atoms with Crippen molar-refractivity contribution in [3.8, 4) is 0 Å². The molecule has 0 radical (unpaired) electrons. The van der Waals surface area contributed by atoms with Gasteiger partial charge in [0.05, 0.1) is 10.3 Å². The summed E-state index contributed by atoms with van der Waals surface area (Å²) in [5.41, 5.74) is 0. The number of nitrogens with one attached hydrogen (secondary N) is 1. The second-order valence-electron chi connectivity index (χ2n) is 4.68. The molecule has 20 heavy (non-hydrogen) atoms. The van der Waals surface area contributed by atoms with Crippen LogP contribution in [0.1, 0.15) is 17.7 Å². The first-order chi connectivity index (χ1) is 9.30. The van der Waals surface area contributed by atoms with Crippen molar-refractivity contribution >= 4 is 37.3 Å². The van der Waals surface area contributed by atoms with Gasteiger partial charge in [-0.25, -0.2) is 17.2 Å². The van der Waals surface area contributed by atoms with Gasteiger partial charge in [0.2, 0.25) is 10.0 Å². The molecule has 0 aromatic carbocycles. The van der Waals surface area contributed by atoms with Gasteiger partial charge in [-0.2, -0.15) is 4.31 Å². The molecule has 1 saturated carbocycles. The lowest BCUT2D eigenvalue weighted by Gasteiger charge is -2.15. The largest absolute Gasteiger partial charge is 0.309 e. The van der Waals surface area contributed by atoms with Gasteiger partial charge in [-0.1, -0.05) is 0 Å². The highest BCUT2D eigenvalue weighted by atomic mass is 79.9. The van der Waals surface area contributed by atoms with E-state index in [1.807, 2.05) is 0 Å². The number of nitrogens with zero attached hydrogens (tertiary/aromatic N) is 1. The van der Waals surface area contributed by atoms with Gasteiger partial charge in [0, 0.05) is 24.5 Å². The average molecular weight is 389 g/mol. The first-order valence-electron chi connectivity index (χ1n) is 6.07. The number of rotatable bonds is 7. The Bertz CT molecular complexity index is 573. The number of sulfonamides is 1. The lowest BCUT2D eigenvalue weighted by atomic mass is 10.4. The Morgan fingerprint density at radius 1 is 1.55 bits per heavy atom. The third-order valence-electron chi connectivity index (χ3n) is 2.93. The molecular weight excluding hydrogens is 374 g/mol. The van der Waals surface area contributed by atoms with Crippen LogP contribution in [-0.2, 0) is 16.6 Å². The van der Waals surface area contributed by atoms with Crippen LogP contribution in [-0.4, -0.2) is 38.8 Å². The van der Waals surface area contributed by atoms with Gasteiger partial charge in [0.15, 0.2) is 0 Å². The van der Waals surface area contributed by atoms with Crippen molar-refractivity contribution < 1.29 is 17.2 Å². The zero-order chi connectivity index (χ0) is 14.9. The lowest BCUT2D eigenvalue weighted by molar-refractivity contribution is 0.126. The van der Waals surface area contributed by atoms with E-state index in [9.17, 15) is 17.2 Å². The fourth-order valence-corrected chi connectivity index (χ4v) is 5.38. The fourth-order valence-electron chi connectivity index (χ4n) is 1.65. The van der Waals surface area contributed by atoms with E-state index >= 15 is 0 Å². The van der Waals surface area contributed by atoms with E-state index in [-0.39, 0.29) is 4.90 Å². The molecule has 1 fully saturated rings. The number of alkyl halides is 2. The van der Waals surface area contributed by atoms with Gasteiger partial charge in [-0.3, -0.25) is 0 Å². The molecule has 1 aromatic rings. The van der Waals surface area contributed by atoms with Gasteiger partial charge in [0.1, 0.15) is 4.90 Å². The topological polar surface area (TPSA) is 49.4 Å². The second kappa shape index (κ2) is 6.35. The molecule has 0 atom stereocenters. The molecule has 9 heteroatoms. The van der Waals surface area contributed by atoms with E-state index in [2.05, 4.69) is 21.2 Å². The molecule has 1 aliphatic rings. The molecule has 0 unspecified atom stereocenters. The molecule has 1 N–H and O–H groups in total. The van der Waals surface area contributed by atoms with Crippen molar-refractivity contribution in [2.75, 3.05) is 13.6 Å². The molecule has 1 heterocycles. The number of hydrogen-bond acceptors (Lipinski definition) is 4. The molecule has 0 amide bonds. The summed E-state index contributed by atoms with van der Waals surface area (Å²) >= 11 is 4.52. The third kappa shape index (κ3) is 3.97. The van der Waals surface area contributed by atoms with Crippen LogP contribution in [0.4, 0.5) is 8.78 Å². The molecule has 1 aromatic heterocycles. The van der Waals surface area contributed by atoms with Crippen molar-refractivity contribution in [3.05, 3.63) is 14.7 Å². The van der Waals surface area contributed by atoms with Crippen LogP contribution in [0, 0.1) is 0 Å². The number of hydrogen-bond donors (Lipinski definition) is 1. The monoisotopic (exact) mass is 388 g/mol. The highest BCUT2D eigenvalue weighted by molar-refractivity contribution is 9.11.